The zero-order valence-electron chi connectivity index (χ0n) is 42.8. The number of methoxy groups -OCH3 is 2. The number of hydrogen-bond donors (Lipinski definition) is 3. The van der Waals surface area contributed by atoms with E-state index >= 15 is 0 Å². The van der Waals surface area contributed by atoms with Gasteiger partial charge in [0.2, 0.25) is 5.36 Å². The Hall–Kier alpha value is -4.10. The summed E-state index contributed by atoms with van der Waals surface area (Å²) in [7, 11) is -5.63. The molecule has 19 nitrogen and oxygen atoms in total. The van der Waals surface area contributed by atoms with Gasteiger partial charge in [0, 0.05) is 61.0 Å². The van der Waals surface area contributed by atoms with Gasteiger partial charge in [0.05, 0.1) is 96.0 Å². The first-order chi connectivity index (χ1) is 34.3. The molecule has 2 aliphatic heterocycles. The molecule has 1 aromatic rings. The van der Waals surface area contributed by atoms with E-state index in [-0.39, 0.29) is 29.7 Å². The molecule has 0 aromatic heterocycles. The monoisotopic (exact) mass is 1050 g/mol. The molecule has 0 saturated heterocycles. The number of fused-ring (bicyclic) bond motifs is 2. The fourth-order valence-corrected chi connectivity index (χ4v) is 9.09. The Kier molecular flexibility index (Phi) is 25.5. The van der Waals surface area contributed by atoms with Crippen LogP contribution in [0.4, 0.5) is 5.69 Å². The first kappa shape index (κ1) is 60.5. The molecule has 0 fully saturated rings. The van der Waals surface area contributed by atoms with Crippen LogP contribution in [0.15, 0.2) is 69.6 Å². The van der Waals surface area contributed by atoms with Gasteiger partial charge in [-0.3, -0.25) is 13.9 Å². The highest BCUT2D eigenvalue weighted by Gasteiger charge is 2.43. The van der Waals surface area contributed by atoms with Crippen molar-refractivity contribution in [2.24, 2.45) is 0 Å². The molecule has 0 spiro atoms. The van der Waals surface area contributed by atoms with Gasteiger partial charge in [-0.25, -0.2) is 4.58 Å². The van der Waals surface area contributed by atoms with Gasteiger partial charge in [-0.05, 0) is 73.7 Å². The Morgan fingerprint density at radius 1 is 0.736 bits per heavy atom. The van der Waals surface area contributed by atoms with Crippen LogP contribution in [0.5, 0.6) is 0 Å². The van der Waals surface area contributed by atoms with Gasteiger partial charge in [-0.15, -0.1) is 0 Å². The van der Waals surface area contributed by atoms with E-state index in [1.165, 1.54) is 12.1 Å². The molecule has 1 aliphatic carbocycles. The molecule has 1 atom stereocenters. The highest BCUT2D eigenvalue weighted by atomic mass is 32.2. The van der Waals surface area contributed by atoms with Crippen molar-refractivity contribution in [1.29, 1.82) is 0 Å². The van der Waals surface area contributed by atoms with Crippen LogP contribution in [0.1, 0.15) is 76.7 Å². The van der Waals surface area contributed by atoms with Gasteiger partial charge in [-0.2, -0.15) is 16.8 Å². The van der Waals surface area contributed by atoms with Crippen LogP contribution in [-0.4, -0.2) is 169 Å². The van der Waals surface area contributed by atoms with E-state index in [1.807, 2.05) is 54.3 Å². The van der Waals surface area contributed by atoms with Crippen molar-refractivity contribution in [3.63, 3.8) is 0 Å². The molecule has 1 aromatic carbocycles. The van der Waals surface area contributed by atoms with Crippen molar-refractivity contribution in [2.75, 3.05) is 137 Å². The average molecular weight is 1050 g/mol. The second-order valence-corrected chi connectivity index (χ2v) is 21.4. The van der Waals surface area contributed by atoms with Gasteiger partial charge in [0.15, 0.2) is 13.1 Å². The molecule has 1 unspecified atom stereocenters. The first-order valence-corrected chi connectivity index (χ1v) is 27.4. The largest absolute Gasteiger partial charge is 0.481 e. The minimum absolute atomic E-state index is 0.0480. The number of rotatable bonds is 36. The Balaban J connectivity index is 1.69. The fraction of sp³-hybridized carbons (Fsp3) is 0.608. The summed E-state index contributed by atoms with van der Waals surface area (Å²) < 4.78 is 121. The van der Waals surface area contributed by atoms with E-state index in [1.54, 1.807) is 20.3 Å². The third-order valence-corrected chi connectivity index (χ3v) is 13.5. The number of unbranched alkanes of at least 4 members (excludes halogenated alkanes) is 1. The lowest BCUT2D eigenvalue weighted by Gasteiger charge is -2.30. The van der Waals surface area contributed by atoms with E-state index in [4.69, 9.17) is 42.3 Å². The van der Waals surface area contributed by atoms with E-state index in [2.05, 4.69) is 25.3 Å². The first-order valence-electron chi connectivity index (χ1n) is 24.3. The number of hydrogen-bond acceptors (Lipinski definition) is 15. The Morgan fingerprint density at radius 2 is 1.29 bits per heavy atom. The lowest BCUT2D eigenvalue weighted by molar-refractivity contribution is -0.137. The highest BCUT2D eigenvalue weighted by Crippen LogP contribution is 2.51. The van der Waals surface area contributed by atoms with Crippen LogP contribution >= 0.6 is 0 Å². The van der Waals surface area contributed by atoms with Crippen molar-refractivity contribution in [1.82, 2.24) is 4.58 Å². The summed E-state index contributed by atoms with van der Waals surface area (Å²) in [5.74, 6) is -0.0695. The summed E-state index contributed by atoms with van der Waals surface area (Å²) in [6.07, 6.45) is 6.95. The number of carbonyl (C=O) groups is 1. The van der Waals surface area contributed by atoms with E-state index < -0.39 is 37.4 Å². The van der Waals surface area contributed by atoms with Crippen LogP contribution in [0.25, 0.3) is 17.4 Å². The number of benzene rings is 2. The van der Waals surface area contributed by atoms with Crippen LogP contribution in [0, 0.1) is 0 Å². The van der Waals surface area contributed by atoms with E-state index in [0.717, 1.165) is 22.2 Å². The minimum Gasteiger partial charge on any atom is -0.481 e. The second kappa shape index (κ2) is 30.3. The fourth-order valence-electron chi connectivity index (χ4n) is 8.09. The van der Waals surface area contributed by atoms with Crippen molar-refractivity contribution < 1.29 is 78.2 Å². The van der Waals surface area contributed by atoms with Gasteiger partial charge >= 0.3 is 5.97 Å². The van der Waals surface area contributed by atoms with Gasteiger partial charge < -0.3 is 52.3 Å². The number of anilines is 1. The topological polar surface area (TPSA) is 239 Å². The molecule has 72 heavy (non-hydrogen) atoms. The summed E-state index contributed by atoms with van der Waals surface area (Å²) >= 11 is 0. The van der Waals surface area contributed by atoms with E-state index in [9.17, 15) is 35.8 Å². The predicted molar refractivity (Wildman–Crippen MR) is 273 cm³/mol. The lowest BCUT2D eigenvalue weighted by Crippen LogP contribution is -2.36. The van der Waals surface area contributed by atoms with Crippen molar-refractivity contribution >= 4 is 38.0 Å². The van der Waals surface area contributed by atoms with Crippen molar-refractivity contribution in [2.45, 2.75) is 75.5 Å². The third-order valence-electron chi connectivity index (χ3n) is 11.9. The van der Waals surface area contributed by atoms with Gasteiger partial charge in [-0.1, -0.05) is 39.3 Å². The maximum Gasteiger partial charge on any atom is 0.303 e. The lowest BCUT2D eigenvalue weighted by atomic mass is 9.77. The van der Waals surface area contributed by atoms with Crippen LogP contribution in [0.2, 0.25) is 0 Å². The summed E-state index contributed by atoms with van der Waals surface area (Å²) in [5, 5.41) is 10.3. The minimum atomic E-state index is -4.60. The molecule has 3 aliphatic rings. The van der Waals surface area contributed by atoms with Crippen molar-refractivity contribution in [3.05, 3.63) is 82.6 Å². The molecule has 0 radical (unpaired) electrons. The summed E-state index contributed by atoms with van der Waals surface area (Å²) in [5.41, 5.74) is 2.27. The van der Waals surface area contributed by atoms with Crippen LogP contribution in [0.3, 0.4) is 0 Å². The van der Waals surface area contributed by atoms with Crippen molar-refractivity contribution in [3.8, 4) is 11.3 Å². The number of aliphatic carboxylic acids is 1. The number of ether oxygens (including phenoxy) is 8. The Labute approximate surface area is 425 Å². The molecular weight excluding hydrogens is 977 g/mol. The predicted octanol–water partition coefficient (Wildman–Crippen LogP) is 5.69. The summed E-state index contributed by atoms with van der Waals surface area (Å²) in [4.78, 5) is 13.0. The second-order valence-electron chi connectivity index (χ2n) is 18.4. The number of nitrogens with zero attached hydrogens (tertiary/aromatic N) is 2. The van der Waals surface area contributed by atoms with Gasteiger partial charge in [0.25, 0.3) is 20.2 Å². The molecule has 3 N–H and O–H groups in total. The molecule has 21 heteroatoms. The Bertz CT molecular complexity index is 2440. The maximum atomic E-state index is 12.4. The smallest absolute Gasteiger partial charge is 0.303 e. The van der Waals surface area contributed by atoms with Gasteiger partial charge in [0.1, 0.15) is 24.7 Å². The standard InChI is InChI=1S/C51H76N2O17S2/c1-50(2,3)48-37-40(11-9-12-47-51(4,18-8-7-13-49(54)55)44-39-42(72(59,60)61)15-17-45(44)53(47)19-10-36-71(56,57)58)43-16-14-41(38-46(43)70-48)52(20-22-64-28-30-68-34-32-66-26-24-62-5)21-23-65-29-31-69-35-33-67-27-25-63-6/h9,11-12,14-17,37-39H,7-8,10,13,18-36H2,1-6H3,(H2-,54,55,56,57,58,59,60,61)/p+1. The van der Waals surface area contributed by atoms with Crippen LogP contribution in [-0.2, 0) is 73.8 Å². The zero-order chi connectivity index (χ0) is 52.6. The molecule has 404 valence electrons. The number of carboxylic acid groups (broad SMARTS) is 1. The summed E-state index contributed by atoms with van der Waals surface area (Å²) in [6, 6.07) is 12.3. The number of allylic oxidation sites excluding steroid dienone is 3. The summed E-state index contributed by atoms with van der Waals surface area (Å²) in [6.45, 7) is 15.8. The van der Waals surface area contributed by atoms with E-state index in [0.29, 0.717) is 148 Å². The zero-order valence-corrected chi connectivity index (χ0v) is 44.4. The third kappa shape index (κ3) is 20.3. The average Bonchev–Trinajstić information content (AvgIpc) is 3.54. The highest BCUT2D eigenvalue weighted by molar-refractivity contribution is 7.86. The Morgan fingerprint density at radius 3 is 1.81 bits per heavy atom. The molecular formula is C51H77N2O17S2+. The molecule has 2 heterocycles. The number of carboxylic acids is 1. The maximum absolute atomic E-state index is 12.4. The quantitative estimate of drug-likeness (QED) is 0.0360. The van der Waals surface area contributed by atoms with Crippen LogP contribution < -0.4 is 14.8 Å². The SMILES string of the molecule is COCCOCCOCCOCC[N+](CCOCCOCCOCCOC)=c1ccc2c(/C=C/C=C3\N(CCCS(=O)(=O)O)c4ccc(S(=O)(=O)O)cc4C3(C)CCCCC(=O)O)cc(C(C)(C)C)oc-2c1. The molecule has 0 bridgehead atoms. The molecule has 0 saturated carbocycles. The normalized spacial score (nSPS) is 15.9. The molecule has 0 amide bonds. The molecule has 4 rings (SSSR count).